The van der Waals surface area contributed by atoms with Crippen LogP contribution in [-0.4, -0.2) is 11.2 Å². The zero-order valence-electron chi connectivity index (χ0n) is 18.3. The quantitative estimate of drug-likeness (QED) is 0.209. The Morgan fingerprint density at radius 1 is 0.485 bits per heavy atom. The predicted octanol–water partition coefficient (Wildman–Crippen LogP) is 7.21. The molecule has 158 valence electrons. The summed E-state index contributed by atoms with van der Waals surface area (Å²) in [5.74, 6) is 0. The van der Waals surface area contributed by atoms with E-state index in [2.05, 4.69) is 125 Å². The van der Waals surface area contributed by atoms with Gasteiger partial charge in [0.25, 0.3) is 0 Å². The van der Waals surface area contributed by atoms with Gasteiger partial charge in [-0.2, -0.15) is 0 Å². The van der Waals surface area contributed by atoms with Crippen molar-refractivity contribution in [3.05, 3.63) is 168 Å². The zero-order chi connectivity index (χ0) is 22.3. The van der Waals surface area contributed by atoms with Crippen molar-refractivity contribution in [1.29, 1.82) is 0 Å². The Bertz CT molecular complexity index is 1220. The molecule has 0 saturated carbocycles. The standard InChI is InChI=1S/C31H24N2/c1-4-12-25(13-5-1)31(26-14-6-2-7-15-26,27-16-8-3-9-17-27)28-19-21-29(22-20-28)33-24-30-18-10-11-23-32-30/h1-24H. The van der Waals surface area contributed by atoms with E-state index in [1.54, 1.807) is 12.4 Å². The maximum Gasteiger partial charge on any atom is 0.0812 e. The van der Waals surface area contributed by atoms with Crippen LogP contribution in [0.4, 0.5) is 5.69 Å². The molecule has 2 nitrogen and oxygen atoms in total. The van der Waals surface area contributed by atoms with E-state index in [1.807, 2.05) is 18.2 Å². The Morgan fingerprint density at radius 2 is 0.939 bits per heavy atom. The van der Waals surface area contributed by atoms with Gasteiger partial charge in [0.15, 0.2) is 0 Å². The van der Waals surface area contributed by atoms with Crippen LogP contribution >= 0.6 is 0 Å². The van der Waals surface area contributed by atoms with Gasteiger partial charge < -0.3 is 0 Å². The highest BCUT2D eigenvalue weighted by atomic mass is 14.8. The van der Waals surface area contributed by atoms with E-state index in [0.717, 1.165) is 11.4 Å². The van der Waals surface area contributed by atoms with Gasteiger partial charge in [-0.25, -0.2) is 0 Å². The lowest BCUT2D eigenvalue weighted by Gasteiger charge is -2.36. The van der Waals surface area contributed by atoms with E-state index in [1.165, 1.54) is 22.3 Å². The molecule has 0 N–H and O–H groups in total. The van der Waals surface area contributed by atoms with Crippen molar-refractivity contribution in [3.63, 3.8) is 0 Å². The number of aromatic nitrogens is 1. The summed E-state index contributed by atoms with van der Waals surface area (Å²) >= 11 is 0. The van der Waals surface area contributed by atoms with Crippen LogP contribution in [0.3, 0.4) is 0 Å². The number of hydrogen-bond acceptors (Lipinski definition) is 2. The Labute approximate surface area is 195 Å². The van der Waals surface area contributed by atoms with Crippen molar-refractivity contribution in [2.45, 2.75) is 5.41 Å². The van der Waals surface area contributed by atoms with Crippen LogP contribution in [0.5, 0.6) is 0 Å². The molecule has 33 heavy (non-hydrogen) atoms. The lowest BCUT2D eigenvalue weighted by atomic mass is 9.65. The normalized spacial score (nSPS) is 11.5. The molecule has 1 heterocycles. The molecule has 5 aromatic rings. The topological polar surface area (TPSA) is 25.2 Å². The first-order valence-corrected chi connectivity index (χ1v) is 11.1. The molecular formula is C31H24N2. The number of rotatable bonds is 6. The highest BCUT2D eigenvalue weighted by Gasteiger charge is 2.37. The van der Waals surface area contributed by atoms with Gasteiger partial charge in [0, 0.05) is 6.20 Å². The van der Waals surface area contributed by atoms with Gasteiger partial charge in [0.2, 0.25) is 0 Å². The van der Waals surface area contributed by atoms with Crippen LogP contribution in [0.15, 0.2) is 145 Å². The molecule has 2 heteroatoms. The van der Waals surface area contributed by atoms with Gasteiger partial charge in [0.1, 0.15) is 0 Å². The second-order valence-electron chi connectivity index (χ2n) is 7.91. The molecule has 0 saturated heterocycles. The minimum Gasteiger partial charge on any atom is -0.255 e. The molecular weight excluding hydrogens is 400 g/mol. The summed E-state index contributed by atoms with van der Waals surface area (Å²) in [6.45, 7) is 0. The first kappa shape index (κ1) is 20.6. The predicted molar refractivity (Wildman–Crippen MR) is 136 cm³/mol. The molecule has 0 fully saturated rings. The van der Waals surface area contributed by atoms with E-state index >= 15 is 0 Å². The fraction of sp³-hybridized carbons (Fsp3) is 0.0323. The van der Waals surface area contributed by atoms with Gasteiger partial charge in [0.05, 0.1) is 23.0 Å². The zero-order valence-corrected chi connectivity index (χ0v) is 18.3. The largest absolute Gasteiger partial charge is 0.255 e. The Morgan fingerprint density at radius 3 is 1.39 bits per heavy atom. The fourth-order valence-corrected chi connectivity index (χ4v) is 4.45. The average Bonchev–Trinajstić information content (AvgIpc) is 2.91. The Kier molecular flexibility index (Phi) is 5.90. The minimum absolute atomic E-state index is 0.437. The van der Waals surface area contributed by atoms with E-state index in [-0.39, 0.29) is 0 Å². The van der Waals surface area contributed by atoms with Crippen LogP contribution in [0.25, 0.3) is 0 Å². The first-order chi connectivity index (χ1) is 16.4. The van der Waals surface area contributed by atoms with Crippen LogP contribution in [-0.2, 0) is 5.41 Å². The third kappa shape index (κ3) is 4.11. The molecule has 1 aromatic heterocycles. The number of hydrogen-bond donors (Lipinski definition) is 0. The maximum absolute atomic E-state index is 4.63. The fourth-order valence-electron chi connectivity index (χ4n) is 4.45. The molecule has 0 radical (unpaired) electrons. The SMILES string of the molecule is C(=Nc1ccc(C(c2ccccc2)(c2ccccc2)c2ccccc2)cc1)c1ccccn1. The summed E-state index contributed by atoms with van der Waals surface area (Å²) in [4.78, 5) is 8.95. The monoisotopic (exact) mass is 424 g/mol. The third-order valence-corrected chi connectivity index (χ3v) is 5.95. The molecule has 0 amide bonds. The maximum atomic E-state index is 4.63. The van der Waals surface area contributed by atoms with Crippen LogP contribution in [0.2, 0.25) is 0 Å². The van der Waals surface area contributed by atoms with E-state index in [9.17, 15) is 0 Å². The van der Waals surface area contributed by atoms with E-state index < -0.39 is 5.41 Å². The van der Waals surface area contributed by atoms with Crippen molar-refractivity contribution in [2.75, 3.05) is 0 Å². The van der Waals surface area contributed by atoms with Crippen LogP contribution in [0.1, 0.15) is 27.9 Å². The second kappa shape index (κ2) is 9.46. The van der Waals surface area contributed by atoms with Crippen LogP contribution in [0, 0.1) is 0 Å². The lowest BCUT2D eigenvalue weighted by Crippen LogP contribution is -2.30. The van der Waals surface area contributed by atoms with Gasteiger partial charge in [-0.3, -0.25) is 9.98 Å². The van der Waals surface area contributed by atoms with E-state index in [4.69, 9.17) is 0 Å². The summed E-state index contributed by atoms with van der Waals surface area (Å²) < 4.78 is 0. The molecule has 4 aromatic carbocycles. The first-order valence-electron chi connectivity index (χ1n) is 11.1. The lowest BCUT2D eigenvalue weighted by molar-refractivity contribution is 0.745. The number of nitrogens with zero attached hydrogens (tertiary/aromatic N) is 2. The van der Waals surface area contributed by atoms with Crippen molar-refractivity contribution in [1.82, 2.24) is 4.98 Å². The van der Waals surface area contributed by atoms with Crippen molar-refractivity contribution in [3.8, 4) is 0 Å². The second-order valence-corrected chi connectivity index (χ2v) is 7.91. The molecule has 0 unspecified atom stereocenters. The van der Waals surface area contributed by atoms with Crippen LogP contribution < -0.4 is 0 Å². The summed E-state index contributed by atoms with van der Waals surface area (Å²) in [6.07, 6.45) is 3.58. The number of pyridine rings is 1. The smallest absolute Gasteiger partial charge is 0.0812 e. The van der Waals surface area contributed by atoms with Gasteiger partial charge in [-0.15, -0.1) is 0 Å². The molecule has 5 rings (SSSR count). The Balaban J connectivity index is 1.67. The summed E-state index contributed by atoms with van der Waals surface area (Å²) in [5.41, 5.74) is 6.18. The van der Waals surface area contributed by atoms with E-state index in [0.29, 0.717) is 0 Å². The van der Waals surface area contributed by atoms with Gasteiger partial charge in [-0.05, 0) is 46.5 Å². The summed E-state index contributed by atoms with van der Waals surface area (Å²) in [5, 5.41) is 0. The molecule has 0 bridgehead atoms. The van der Waals surface area contributed by atoms with Crippen molar-refractivity contribution < 1.29 is 0 Å². The highest BCUT2D eigenvalue weighted by molar-refractivity contribution is 5.79. The van der Waals surface area contributed by atoms with Crippen molar-refractivity contribution in [2.24, 2.45) is 4.99 Å². The van der Waals surface area contributed by atoms with Gasteiger partial charge in [-0.1, -0.05) is 109 Å². The molecule has 0 spiro atoms. The minimum atomic E-state index is -0.437. The molecule has 0 aliphatic heterocycles. The van der Waals surface area contributed by atoms with Gasteiger partial charge >= 0.3 is 0 Å². The van der Waals surface area contributed by atoms with Crippen molar-refractivity contribution >= 4 is 11.9 Å². The number of aliphatic imine (C=N–C) groups is 1. The highest BCUT2D eigenvalue weighted by Crippen LogP contribution is 2.45. The third-order valence-electron chi connectivity index (χ3n) is 5.95. The summed E-state index contributed by atoms with van der Waals surface area (Å²) in [6, 6.07) is 46.5. The molecule has 0 aliphatic carbocycles. The summed E-state index contributed by atoms with van der Waals surface area (Å²) in [7, 11) is 0. The average molecular weight is 425 g/mol. The number of benzene rings is 4. The molecule has 0 aliphatic rings. The Hall–Kier alpha value is -4.30. The molecule has 0 atom stereocenters.